The summed E-state index contributed by atoms with van der Waals surface area (Å²) < 4.78 is 39.8. The van der Waals surface area contributed by atoms with Crippen LogP contribution in [0.25, 0.3) is 0 Å². The third kappa shape index (κ3) is 3.54. The van der Waals surface area contributed by atoms with Gasteiger partial charge in [0.15, 0.2) is 0 Å². The molecule has 0 unspecified atom stereocenters. The lowest BCUT2D eigenvalue weighted by atomic mass is 10.2. The summed E-state index contributed by atoms with van der Waals surface area (Å²) in [5, 5.41) is 9.20. The zero-order chi connectivity index (χ0) is 15.8. The SMILES string of the molecule is O=C(O)c1cc(F)ccc1NS(=O)(=O)c1cc(Cl)c(Br)s1. The Morgan fingerprint density at radius 3 is 2.57 bits per heavy atom. The average Bonchev–Trinajstić information content (AvgIpc) is 2.72. The molecule has 0 spiro atoms. The highest BCUT2D eigenvalue weighted by Crippen LogP contribution is 2.35. The summed E-state index contributed by atoms with van der Waals surface area (Å²) in [4.78, 5) is 11.0. The summed E-state index contributed by atoms with van der Waals surface area (Å²) in [6, 6.07) is 3.96. The number of thiophene rings is 1. The molecule has 0 radical (unpaired) electrons. The summed E-state index contributed by atoms with van der Waals surface area (Å²) in [5.41, 5.74) is -0.718. The van der Waals surface area contributed by atoms with Gasteiger partial charge in [0, 0.05) is 0 Å². The molecule has 0 aliphatic carbocycles. The number of rotatable bonds is 4. The Kier molecular flexibility index (Phi) is 4.57. The molecule has 0 saturated carbocycles. The molecule has 2 rings (SSSR count). The molecule has 1 heterocycles. The van der Waals surface area contributed by atoms with Crippen LogP contribution < -0.4 is 4.72 Å². The number of carbonyl (C=O) groups is 1. The Hall–Kier alpha value is -1.16. The first-order chi connectivity index (χ1) is 9.70. The number of hydrogen-bond acceptors (Lipinski definition) is 4. The third-order valence-corrected chi connectivity index (χ3v) is 6.66. The smallest absolute Gasteiger partial charge is 0.337 e. The number of anilines is 1. The highest BCUT2D eigenvalue weighted by Gasteiger charge is 2.22. The van der Waals surface area contributed by atoms with Gasteiger partial charge in [0.05, 0.1) is 20.1 Å². The van der Waals surface area contributed by atoms with Gasteiger partial charge in [0.25, 0.3) is 10.0 Å². The van der Waals surface area contributed by atoms with Crippen LogP contribution in [-0.2, 0) is 10.0 Å². The van der Waals surface area contributed by atoms with Crippen molar-refractivity contribution in [1.82, 2.24) is 0 Å². The summed E-state index contributed by atoms with van der Waals surface area (Å²) in [7, 11) is -4.02. The minimum Gasteiger partial charge on any atom is -0.478 e. The van der Waals surface area contributed by atoms with E-state index in [1.807, 2.05) is 0 Å². The molecule has 2 N–H and O–H groups in total. The Balaban J connectivity index is 2.44. The van der Waals surface area contributed by atoms with Crippen molar-refractivity contribution in [3.8, 4) is 0 Å². The number of nitrogens with one attached hydrogen (secondary N) is 1. The predicted molar refractivity (Wildman–Crippen MR) is 81.2 cm³/mol. The van der Waals surface area contributed by atoms with Crippen LogP contribution in [0.4, 0.5) is 10.1 Å². The first kappa shape index (κ1) is 16.2. The number of sulfonamides is 1. The number of halogens is 3. The molecular weight excluding hydrogens is 409 g/mol. The Labute approximate surface area is 136 Å². The molecule has 0 aliphatic rings. The number of carboxylic acid groups (broad SMARTS) is 1. The molecule has 0 aliphatic heterocycles. The Bertz CT molecular complexity index is 802. The Morgan fingerprint density at radius 2 is 2.05 bits per heavy atom. The van der Waals surface area contributed by atoms with E-state index in [1.165, 1.54) is 6.07 Å². The molecule has 5 nitrogen and oxygen atoms in total. The maximum atomic E-state index is 13.1. The molecule has 0 atom stereocenters. The van der Waals surface area contributed by atoms with Gasteiger partial charge in [-0.25, -0.2) is 17.6 Å². The van der Waals surface area contributed by atoms with Gasteiger partial charge in [-0.15, -0.1) is 11.3 Å². The molecular formula is C11H6BrClFNO4S2. The fourth-order valence-electron chi connectivity index (χ4n) is 1.44. The summed E-state index contributed by atoms with van der Waals surface area (Å²) in [5.74, 6) is -2.23. The Morgan fingerprint density at radius 1 is 1.38 bits per heavy atom. The fraction of sp³-hybridized carbons (Fsp3) is 0. The number of aromatic carboxylic acids is 1. The molecule has 10 heteroatoms. The van der Waals surface area contributed by atoms with Crippen molar-refractivity contribution in [2.75, 3.05) is 4.72 Å². The minimum absolute atomic E-state index is 0.0972. The van der Waals surface area contributed by atoms with Crippen molar-refractivity contribution in [3.05, 3.63) is 44.5 Å². The highest BCUT2D eigenvalue weighted by atomic mass is 79.9. The van der Waals surface area contributed by atoms with Gasteiger partial charge in [-0.05, 0) is 40.2 Å². The van der Waals surface area contributed by atoms with E-state index >= 15 is 0 Å². The second-order valence-electron chi connectivity index (χ2n) is 3.79. The van der Waals surface area contributed by atoms with E-state index in [1.54, 1.807) is 0 Å². The largest absolute Gasteiger partial charge is 0.478 e. The maximum Gasteiger partial charge on any atom is 0.337 e. The van der Waals surface area contributed by atoms with Gasteiger partial charge >= 0.3 is 5.97 Å². The molecule has 1 aromatic carbocycles. The van der Waals surface area contributed by atoms with E-state index in [0.717, 1.165) is 29.5 Å². The van der Waals surface area contributed by atoms with Crippen molar-refractivity contribution in [2.45, 2.75) is 4.21 Å². The van der Waals surface area contributed by atoms with Crippen LogP contribution >= 0.6 is 38.9 Å². The van der Waals surface area contributed by atoms with Crippen molar-refractivity contribution < 1.29 is 22.7 Å². The van der Waals surface area contributed by atoms with Crippen LogP contribution in [0.1, 0.15) is 10.4 Å². The molecule has 0 saturated heterocycles. The molecule has 0 fully saturated rings. The molecule has 112 valence electrons. The lowest BCUT2D eigenvalue weighted by Crippen LogP contribution is -2.14. The summed E-state index contributed by atoms with van der Waals surface area (Å²) >= 11 is 9.73. The zero-order valence-electron chi connectivity index (χ0n) is 9.93. The lowest BCUT2D eigenvalue weighted by Gasteiger charge is -2.09. The monoisotopic (exact) mass is 413 g/mol. The quantitative estimate of drug-likeness (QED) is 0.797. The van der Waals surface area contributed by atoms with Gasteiger partial charge < -0.3 is 5.11 Å². The lowest BCUT2D eigenvalue weighted by molar-refractivity contribution is 0.0697. The van der Waals surface area contributed by atoms with Crippen LogP contribution in [0.3, 0.4) is 0 Å². The number of hydrogen-bond donors (Lipinski definition) is 2. The van der Waals surface area contributed by atoms with Crippen LogP contribution in [0.2, 0.25) is 5.02 Å². The number of carboxylic acids is 1. The molecule has 2 aromatic rings. The maximum absolute atomic E-state index is 13.1. The van der Waals surface area contributed by atoms with E-state index < -0.39 is 27.4 Å². The van der Waals surface area contributed by atoms with Gasteiger partial charge in [-0.2, -0.15) is 0 Å². The molecule has 0 amide bonds. The topological polar surface area (TPSA) is 83.5 Å². The predicted octanol–water partition coefficient (Wildman–Crippen LogP) is 3.80. The van der Waals surface area contributed by atoms with Crippen LogP contribution in [0.15, 0.2) is 32.3 Å². The summed E-state index contributed by atoms with van der Waals surface area (Å²) in [6.45, 7) is 0. The second-order valence-corrected chi connectivity index (χ2v) is 8.47. The standard InChI is InChI=1S/C11H6BrClFNO4S2/c12-10-7(13)4-9(20-10)21(18,19)15-8-2-1-5(14)3-6(8)11(16)17/h1-4,15H,(H,16,17). The molecule has 1 aromatic heterocycles. The third-order valence-electron chi connectivity index (χ3n) is 2.34. The van der Waals surface area contributed by atoms with Crippen molar-refractivity contribution in [1.29, 1.82) is 0 Å². The fourth-order valence-corrected chi connectivity index (χ4v) is 4.91. The highest BCUT2D eigenvalue weighted by molar-refractivity contribution is 9.11. The molecule has 21 heavy (non-hydrogen) atoms. The van der Waals surface area contributed by atoms with Gasteiger partial charge in [0.1, 0.15) is 10.0 Å². The van der Waals surface area contributed by atoms with Gasteiger partial charge in [-0.3, -0.25) is 4.72 Å². The summed E-state index contributed by atoms with van der Waals surface area (Å²) in [6.07, 6.45) is 0. The zero-order valence-corrected chi connectivity index (χ0v) is 13.9. The second kappa shape index (κ2) is 5.91. The van der Waals surface area contributed by atoms with Gasteiger partial charge in [0.2, 0.25) is 0 Å². The van der Waals surface area contributed by atoms with Crippen molar-refractivity contribution in [3.63, 3.8) is 0 Å². The van der Waals surface area contributed by atoms with Crippen LogP contribution in [-0.4, -0.2) is 19.5 Å². The first-order valence-electron chi connectivity index (χ1n) is 5.21. The van der Waals surface area contributed by atoms with Crippen molar-refractivity contribution in [2.24, 2.45) is 0 Å². The first-order valence-corrected chi connectivity index (χ1v) is 8.68. The molecule has 0 bridgehead atoms. The van der Waals surface area contributed by atoms with Crippen LogP contribution in [0, 0.1) is 5.82 Å². The van der Waals surface area contributed by atoms with Gasteiger partial charge in [-0.1, -0.05) is 11.6 Å². The average molecular weight is 415 g/mol. The van der Waals surface area contributed by atoms with E-state index in [2.05, 4.69) is 20.7 Å². The van der Waals surface area contributed by atoms with E-state index in [9.17, 15) is 17.6 Å². The number of benzene rings is 1. The normalized spacial score (nSPS) is 11.4. The minimum atomic E-state index is -4.02. The van der Waals surface area contributed by atoms with Crippen molar-refractivity contribution >= 4 is 60.5 Å². The van der Waals surface area contributed by atoms with E-state index in [0.29, 0.717) is 3.79 Å². The van der Waals surface area contributed by atoms with E-state index in [4.69, 9.17) is 16.7 Å². The van der Waals surface area contributed by atoms with Crippen LogP contribution in [0.5, 0.6) is 0 Å². The van der Waals surface area contributed by atoms with E-state index in [-0.39, 0.29) is 14.9 Å².